The molecule has 0 aromatic carbocycles. The standard InChI is InChI=1S/C17H31N3OS/c1-3-18-16(19-10-4-5-12-22-2)20-14-13-7-11-21-15(13)17(14)8-6-9-17/h13-15H,3-12H2,1-2H3,(H2,18,19,20). The van der Waals surface area contributed by atoms with E-state index in [0.29, 0.717) is 23.5 Å². The molecular weight excluding hydrogens is 294 g/mol. The molecule has 0 aromatic heterocycles. The van der Waals surface area contributed by atoms with Crippen molar-refractivity contribution in [2.45, 2.75) is 57.6 Å². The van der Waals surface area contributed by atoms with Crippen molar-refractivity contribution in [1.82, 2.24) is 10.6 Å². The molecule has 1 heterocycles. The number of hydrogen-bond donors (Lipinski definition) is 2. The molecule has 3 fully saturated rings. The highest BCUT2D eigenvalue weighted by Gasteiger charge is 2.66. The number of aliphatic imine (C=N–C) groups is 1. The Kier molecular flexibility index (Phi) is 5.55. The summed E-state index contributed by atoms with van der Waals surface area (Å²) in [7, 11) is 0. The first-order chi connectivity index (χ1) is 10.8. The maximum Gasteiger partial charge on any atom is 0.191 e. The summed E-state index contributed by atoms with van der Waals surface area (Å²) >= 11 is 1.92. The molecule has 2 saturated carbocycles. The van der Waals surface area contributed by atoms with Crippen LogP contribution >= 0.6 is 11.8 Å². The summed E-state index contributed by atoms with van der Waals surface area (Å²) in [5.41, 5.74) is 0.427. The molecule has 3 atom stereocenters. The molecule has 126 valence electrons. The van der Waals surface area contributed by atoms with Crippen LogP contribution in [-0.4, -0.2) is 49.8 Å². The van der Waals surface area contributed by atoms with Gasteiger partial charge < -0.3 is 15.4 Å². The van der Waals surface area contributed by atoms with Crippen LogP contribution in [0.3, 0.4) is 0 Å². The smallest absolute Gasteiger partial charge is 0.191 e. The monoisotopic (exact) mass is 325 g/mol. The Hall–Kier alpha value is -0.420. The lowest BCUT2D eigenvalue weighted by atomic mass is 9.46. The van der Waals surface area contributed by atoms with Crippen LogP contribution in [-0.2, 0) is 4.74 Å². The normalized spacial score (nSPS) is 32.3. The molecule has 0 amide bonds. The van der Waals surface area contributed by atoms with E-state index in [9.17, 15) is 0 Å². The minimum Gasteiger partial charge on any atom is -0.377 e. The lowest BCUT2D eigenvalue weighted by molar-refractivity contribution is -0.171. The number of fused-ring (bicyclic) bond motifs is 2. The van der Waals surface area contributed by atoms with Crippen molar-refractivity contribution in [2.24, 2.45) is 16.3 Å². The molecule has 0 aromatic rings. The Morgan fingerprint density at radius 1 is 1.36 bits per heavy atom. The van der Waals surface area contributed by atoms with Gasteiger partial charge in [0.2, 0.25) is 0 Å². The average molecular weight is 326 g/mol. The lowest BCUT2D eigenvalue weighted by Crippen LogP contribution is -2.72. The van der Waals surface area contributed by atoms with Crippen molar-refractivity contribution < 1.29 is 4.74 Å². The molecule has 22 heavy (non-hydrogen) atoms. The molecule has 1 aliphatic heterocycles. The van der Waals surface area contributed by atoms with Gasteiger partial charge in [-0.2, -0.15) is 11.8 Å². The Labute approximate surface area is 139 Å². The van der Waals surface area contributed by atoms with Crippen LogP contribution in [0.1, 0.15) is 45.4 Å². The van der Waals surface area contributed by atoms with Crippen LogP contribution in [0.15, 0.2) is 4.99 Å². The van der Waals surface area contributed by atoms with E-state index in [1.54, 1.807) is 0 Å². The van der Waals surface area contributed by atoms with Gasteiger partial charge >= 0.3 is 0 Å². The summed E-state index contributed by atoms with van der Waals surface area (Å²) < 4.78 is 6.00. The third-order valence-corrected chi connectivity index (χ3v) is 6.40. The highest BCUT2D eigenvalue weighted by Crippen LogP contribution is 2.62. The topological polar surface area (TPSA) is 45.7 Å². The SMILES string of the molecule is CCNC(=NCCCCSC)NC1C2CCOC2C12CCC2. The average Bonchev–Trinajstić information content (AvgIpc) is 2.88. The molecule has 4 nitrogen and oxygen atoms in total. The highest BCUT2D eigenvalue weighted by molar-refractivity contribution is 7.98. The zero-order chi connectivity index (χ0) is 15.4. The van der Waals surface area contributed by atoms with Gasteiger partial charge in [-0.15, -0.1) is 0 Å². The van der Waals surface area contributed by atoms with Gasteiger partial charge in [-0.1, -0.05) is 6.42 Å². The Bertz CT molecular complexity index is 397. The van der Waals surface area contributed by atoms with E-state index in [2.05, 4.69) is 23.8 Å². The zero-order valence-electron chi connectivity index (χ0n) is 14.1. The maximum atomic E-state index is 6.00. The Morgan fingerprint density at radius 3 is 2.91 bits per heavy atom. The fraction of sp³-hybridized carbons (Fsp3) is 0.941. The van der Waals surface area contributed by atoms with Gasteiger partial charge in [0.1, 0.15) is 0 Å². The first-order valence-electron chi connectivity index (χ1n) is 8.97. The number of ether oxygens (including phenoxy) is 1. The maximum absolute atomic E-state index is 6.00. The van der Waals surface area contributed by atoms with Crippen molar-refractivity contribution in [3.8, 4) is 0 Å². The van der Waals surface area contributed by atoms with Crippen molar-refractivity contribution in [1.29, 1.82) is 0 Å². The fourth-order valence-electron chi connectivity index (χ4n) is 4.47. The van der Waals surface area contributed by atoms with Crippen molar-refractivity contribution in [3.63, 3.8) is 0 Å². The Morgan fingerprint density at radius 2 is 2.23 bits per heavy atom. The molecule has 5 heteroatoms. The molecular formula is C17H31N3OS. The van der Waals surface area contributed by atoms with Gasteiger partial charge in [-0.25, -0.2) is 0 Å². The summed E-state index contributed by atoms with van der Waals surface area (Å²) in [5, 5.41) is 7.19. The first kappa shape index (κ1) is 16.4. The van der Waals surface area contributed by atoms with Crippen LogP contribution in [0, 0.1) is 11.3 Å². The Balaban J connectivity index is 1.55. The molecule has 1 spiro atoms. The zero-order valence-corrected chi connectivity index (χ0v) is 14.9. The summed E-state index contributed by atoms with van der Waals surface area (Å²) in [6.45, 7) is 4.96. The highest BCUT2D eigenvalue weighted by atomic mass is 32.2. The number of nitrogens with zero attached hydrogens (tertiary/aromatic N) is 1. The van der Waals surface area contributed by atoms with Gasteiger partial charge in [-0.05, 0) is 51.0 Å². The second kappa shape index (κ2) is 7.43. The largest absolute Gasteiger partial charge is 0.377 e. The van der Waals surface area contributed by atoms with E-state index in [0.717, 1.165) is 25.7 Å². The summed E-state index contributed by atoms with van der Waals surface area (Å²) in [5.74, 6) is 2.97. The lowest BCUT2D eigenvalue weighted by Gasteiger charge is -2.63. The summed E-state index contributed by atoms with van der Waals surface area (Å²) in [6, 6.07) is 0.581. The summed E-state index contributed by atoms with van der Waals surface area (Å²) in [6.07, 6.45) is 10.4. The van der Waals surface area contributed by atoms with Crippen molar-refractivity contribution in [3.05, 3.63) is 0 Å². The number of rotatable bonds is 7. The van der Waals surface area contributed by atoms with E-state index in [4.69, 9.17) is 9.73 Å². The van der Waals surface area contributed by atoms with E-state index in [1.807, 2.05) is 11.8 Å². The van der Waals surface area contributed by atoms with Gasteiger partial charge in [0.15, 0.2) is 5.96 Å². The predicted molar refractivity (Wildman–Crippen MR) is 94.6 cm³/mol. The van der Waals surface area contributed by atoms with Crippen LogP contribution in [0.5, 0.6) is 0 Å². The van der Waals surface area contributed by atoms with Crippen LogP contribution in [0.25, 0.3) is 0 Å². The molecule has 0 bridgehead atoms. The molecule has 1 saturated heterocycles. The van der Waals surface area contributed by atoms with E-state index < -0.39 is 0 Å². The molecule has 3 rings (SSSR count). The fourth-order valence-corrected chi connectivity index (χ4v) is 4.97. The van der Waals surface area contributed by atoms with E-state index in [1.165, 1.54) is 44.3 Å². The second-order valence-corrected chi connectivity index (χ2v) is 7.90. The molecule has 2 N–H and O–H groups in total. The summed E-state index contributed by atoms with van der Waals surface area (Å²) in [4.78, 5) is 4.79. The number of hydrogen-bond acceptors (Lipinski definition) is 3. The number of unbranched alkanes of at least 4 members (excludes halogenated alkanes) is 1. The van der Waals surface area contributed by atoms with Crippen molar-refractivity contribution in [2.75, 3.05) is 31.7 Å². The number of thioether (sulfide) groups is 1. The second-order valence-electron chi connectivity index (χ2n) is 6.91. The number of guanidine groups is 1. The molecule has 0 radical (unpaired) electrons. The van der Waals surface area contributed by atoms with Gasteiger partial charge in [-0.3, -0.25) is 4.99 Å². The molecule has 3 aliphatic rings. The minimum atomic E-state index is 0.427. The molecule has 3 unspecified atom stereocenters. The minimum absolute atomic E-state index is 0.427. The quantitative estimate of drug-likeness (QED) is 0.429. The first-order valence-corrected chi connectivity index (χ1v) is 10.4. The van der Waals surface area contributed by atoms with Gasteiger partial charge in [0.05, 0.1) is 6.10 Å². The molecule has 2 aliphatic carbocycles. The van der Waals surface area contributed by atoms with Crippen molar-refractivity contribution >= 4 is 17.7 Å². The predicted octanol–water partition coefficient (Wildman–Crippen LogP) is 2.64. The van der Waals surface area contributed by atoms with E-state index >= 15 is 0 Å². The third kappa shape index (κ3) is 2.99. The number of nitrogens with one attached hydrogen (secondary N) is 2. The van der Waals surface area contributed by atoms with Gasteiger partial charge in [0, 0.05) is 37.1 Å². The van der Waals surface area contributed by atoms with Crippen LogP contribution < -0.4 is 10.6 Å². The van der Waals surface area contributed by atoms with Crippen LogP contribution in [0.4, 0.5) is 0 Å². The van der Waals surface area contributed by atoms with Crippen LogP contribution in [0.2, 0.25) is 0 Å². The third-order valence-electron chi connectivity index (χ3n) is 5.70. The van der Waals surface area contributed by atoms with Gasteiger partial charge in [0.25, 0.3) is 0 Å². The van der Waals surface area contributed by atoms with E-state index in [-0.39, 0.29) is 0 Å².